The molecule has 0 spiro atoms. The number of hydrogen-bond donors (Lipinski definition) is 1. The molecule has 1 N–H and O–H groups in total. The van der Waals surface area contributed by atoms with Crippen molar-refractivity contribution < 1.29 is 23.0 Å². The number of carbonyl (C=O) groups is 1. The minimum absolute atomic E-state index is 0.117. The number of halogens is 2. The van der Waals surface area contributed by atoms with Crippen LogP contribution in [-0.2, 0) is 6.54 Å². The third kappa shape index (κ3) is 4.16. The quantitative estimate of drug-likeness (QED) is 0.650. The van der Waals surface area contributed by atoms with Crippen molar-refractivity contribution in [2.75, 3.05) is 25.2 Å². The van der Waals surface area contributed by atoms with Crippen LogP contribution in [-0.4, -0.2) is 40.5 Å². The van der Waals surface area contributed by atoms with Crippen LogP contribution in [0, 0.1) is 11.6 Å². The van der Waals surface area contributed by atoms with E-state index in [-0.39, 0.29) is 18.7 Å². The summed E-state index contributed by atoms with van der Waals surface area (Å²) in [7, 11) is 0. The highest BCUT2D eigenvalue weighted by molar-refractivity contribution is 6.04. The van der Waals surface area contributed by atoms with Crippen LogP contribution in [0.3, 0.4) is 0 Å². The molecule has 0 bridgehead atoms. The average Bonchev–Trinajstić information content (AvgIpc) is 3.45. The zero-order valence-corrected chi connectivity index (χ0v) is 17.3. The van der Waals surface area contributed by atoms with Crippen LogP contribution in [0.5, 0.6) is 11.5 Å². The van der Waals surface area contributed by atoms with Gasteiger partial charge in [0.05, 0.1) is 12.2 Å². The smallest absolute Gasteiger partial charge is 0.256 e. The highest BCUT2D eigenvalue weighted by atomic mass is 19.1. The van der Waals surface area contributed by atoms with E-state index >= 15 is 0 Å². The Balaban J connectivity index is 1.21. The van der Waals surface area contributed by atoms with E-state index in [4.69, 9.17) is 9.47 Å². The molecule has 1 amide bonds. The van der Waals surface area contributed by atoms with Crippen molar-refractivity contribution in [1.82, 2.24) is 14.7 Å². The number of rotatable bonds is 5. The van der Waals surface area contributed by atoms with Crippen LogP contribution in [0.4, 0.5) is 14.6 Å². The lowest BCUT2D eigenvalue weighted by Gasteiger charge is -2.32. The fourth-order valence-corrected chi connectivity index (χ4v) is 4.14. The molecule has 0 radical (unpaired) electrons. The first-order chi connectivity index (χ1) is 15.6. The molecular weight excluding hydrogens is 418 g/mol. The molecule has 2 aromatic carbocycles. The topological polar surface area (TPSA) is 68.6 Å². The lowest BCUT2D eigenvalue weighted by atomic mass is 10.0. The van der Waals surface area contributed by atoms with Gasteiger partial charge >= 0.3 is 0 Å². The summed E-state index contributed by atoms with van der Waals surface area (Å²) in [6, 6.07) is 10.6. The molecular formula is C23H22F2N4O3. The van der Waals surface area contributed by atoms with Crippen LogP contribution in [0.2, 0.25) is 0 Å². The minimum Gasteiger partial charge on any atom is -0.454 e. The number of hydrogen-bond acceptors (Lipinski definition) is 5. The van der Waals surface area contributed by atoms with Gasteiger partial charge in [0, 0.05) is 42.9 Å². The number of nitrogens with one attached hydrogen (secondary N) is 1. The molecule has 0 atom stereocenters. The second-order valence-corrected chi connectivity index (χ2v) is 7.93. The monoisotopic (exact) mass is 440 g/mol. The van der Waals surface area contributed by atoms with Crippen molar-refractivity contribution >= 4 is 11.7 Å². The number of likely N-dealkylation sites (tertiary alicyclic amines) is 1. The predicted octanol–water partition coefficient (Wildman–Crippen LogP) is 3.98. The maximum Gasteiger partial charge on any atom is 0.256 e. The van der Waals surface area contributed by atoms with Gasteiger partial charge in [-0.1, -0.05) is 6.07 Å². The number of fused-ring (bicyclic) bond motifs is 1. The van der Waals surface area contributed by atoms with Crippen molar-refractivity contribution in [3.05, 3.63) is 71.4 Å². The van der Waals surface area contributed by atoms with E-state index in [0.717, 1.165) is 32.0 Å². The van der Waals surface area contributed by atoms with Crippen LogP contribution in [0.1, 0.15) is 34.8 Å². The highest BCUT2D eigenvalue weighted by Crippen LogP contribution is 2.33. The van der Waals surface area contributed by atoms with E-state index in [1.54, 1.807) is 30.5 Å². The summed E-state index contributed by atoms with van der Waals surface area (Å²) in [6.45, 7) is 2.08. The number of ether oxygens (including phenoxy) is 2. The fraction of sp³-hybridized carbons (Fsp3) is 0.304. The molecule has 3 aromatic rings. The van der Waals surface area contributed by atoms with Crippen LogP contribution >= 0.6 is 0 Å². The minimum atomic E-state index is -0.570. The first-order valence-electron chi connectivity index (χ1n) is 10.5. The van der Waals surface area contributed by atoms with E-state index in [1.165, 1.54) is 12.1 Å². The SMILES string of the molecule is O=C(Nc1ccnn1C1CCN(Cc2ccc(F)cc2F)CC1)c1ccc2c(c1)OCO2. The highest BCUT2D eigenvalue weighted by Gasteiger charge is 2.24. The van der Waals surface area contributed by atoms with Crippen molar-refractivity contribution in [2.45, 2.75) is 25.4 Å². The molecule has 1 saturated heterocycles. The fourth-order valence-electron chi connectivity index (χ4n) is 4.14. The van der Waals surface area contributed by atoms with Crippen molar-refractivity contribution in [3.8, 4) is 11.5 Å². The predicted molar refractivity (Wildman–Crippen MR) is 113 cm³/mol. The average molecular weight is 440 g/mol. The summed E-state index contributed by atoms with van der Waals surface area (Å²) < 4.78 is 39.5. The lowest BCUT2D eigenvalue weighted by molar-refractivity contribution is 0.102. The Morgan fingerprint density at radius 3 is 2.69 bits per heavy atom. The summed E-state index contributed by atoms with van der Waals surface area (Å²) in [5, 5.41) is 7.34. The molecule has 3 heterocycles. The number of piperidine rings is 1. The van der Waals surface area contributed by atoms with Crippen LogP contribution in [0.25, 0.3) is 0 Å². The summed E-state index contributed by atoms with van der Waals surface area (Å²) >= 11 is 0. The lowest BCUT2D eigenvalue weighted by Crippen LogP contribution is -2.35. The number of benzene rings is 2. The Morgan fingerprint density at radius 1 is 1.06 bits per heavy atom. The van der Waals surface area contributed by atoms with Gasteiger partial charge in [-0.3, -0.25) is 9.69 Å². The van der Waals surface area contributed by atoms with E-state index in [1.807, 2.05) is 4.68 Å². The summed E-state index contributed by atoms with van der Waals surface area (Å²) in [5.74, 6) is 0.451. The number of aromatic nitrogens is 2. The van der Waals surface area contributed by atoms with Gasteiger partial charge in [-0.2, -0.15) is 5.10 Å². The molecule has 2 aliphatic heterocycles. The number of anilines is 1. The van der Waals surface area contributed by atoms with E-state index in [9.17, 15) is 13.6 Å². The second kappa shape index (κ2) is 8.58. The largest absolute Gasteiger partial charge is 0.454 e. The molecule has 7 nitrogen and oxygen atoms in total. The van der Waals surface area contributed by atoms with Crippen LogP contribution in [0.15, 0.2) is 48.7 Å². The Morgan fingerprint density at radius 2 is 1.88 bits per heavy atom. The molecule has 0 unspecified atom stereocenters. The molecule has 5 rings (SSSR count). The van der Waals surface area contributed by atoms with E-state index in [2.05, 4.69) is 15.3 Å². The maximum atomic E-state index is 14.0. The van der Waals surface area contributed by atoms with Gasteiger partial charge in [-0.15, -0.1) is 0 Å². The van der Waals surface area contributed by atoms with E-state index < -0.39 is 11.6 Å². The molecule has 1 aromatic heterocycles. The standard InChI is InChI=1S/C23H22F2N4O3/c24-17-3-1-16(19(25)12-17)13-28-9-6-18(7-10-28)29-22(5-8-26-29)27-23(30)15-2-4-20-21(11-15)32-14-31-20/h1-5,8,11-12,18H,6-7,9-10,13-14H2,(H,27,30). The first-order valence-corrected chi connectivity index (χ1v) is 10.5. The third-order valence-electron chi connectivity index (χ3n) is 5.86. The van der Waals surface area contributed by atoms with Gasteiger partial charge in [-0.05, 0) is 37.1 Å². The normalized spacial score (nSPS) is 16.3. The zero-order chi connectivity index (χ0) is 22.1. The third-order valence-corrected chi connectivity index (χ3v) is 5.86. The maximum absolute atomic E-state index is 14.0. The molecule has 1 fully saturated rings. The zero-order valence-electron chi connectivity index (χ0n) is 17.3. The van der Waals surface area contributed by atoms with Gasteiger partial charge in [0.25, 0.3) is 5.91 Å². The molecule has 0 saturated carbocycles. The molecule has 32 heavy (non-hydrogen) atoms. The molecule has 166 valence electrons. The number of nitrogens with zero attached hydrogens (tertiary/aromatic N) is 3. The summed E-state index contributed by atoms with van der Waals surface area (Å²) in [6.07, 6.45) is 3.27. The summed E-state index contributed by atoms with van der Waals surface area (Å²) in [4.78, 5) is 14.9. The molecule has 2 aliphatic rings. The van der Waals surface area contributed by atoms with Gasteiger partial charge in [0.15, 0.2) is 11.5 Å². The Kier molecular flexibility index (Phi) is 5.48. The Bertz CT molecular complexity index is 1140. The van der Waals surface area contributed by atoms with Gasteiger partial charge < -0.3 is 14.8 Å². The van der Waals surface area contributed by atoms with Crippen molar-refractivity contribution in [2.24, 2.45) is 0 Å². The number of amides is 1. The van der Waals surface area contributed by atoms with Gasteiger partial charge in [0.1, 0.15) is 17.5 Å². The Labute approximate surface area is 183 Å². The van der Waals surface area contributed by atoms with E-state index in [0.29, 0.717) is 35.0 Å². The Hall–Kier alpha value is -3.46. The second-order valence-electron chi connectivity index (χ2n) is 7.93. The summed E-state index contributed by atoms with van der Waals surface area (Å²) in [5.41, 5.74) is 0.957. The van der Waals surface area contributed by atoms with Crippen molar-refractivity contribution in [1.29, 1.82) is 0 Å². The number of carbonyl (C=O) groups excluding carboxylic acids is 1. The van der Waals surface area contributed by atoms with Crippen LogP contribution < -0.4 is 14.8 Å². The van der Waals surface area contributed by atoms with Gasteiger partial charge in [-0.25, -0.2) is 13.5 Å². The first kappa shape index (κ1) is 20.4. The van der Waals surface area contributed by atoms with Crippen molar-refractivity contribution in [3.63, 3.8) is 0 Å². The molecule has 0 aliphatic carbocycles. The molecule has 9 heteroatoms. The van der Waals surface area contributed by atoms with Gasteiger partial charge in [0.2, 0.25) is 6.79 Å².